The number of nitrogens with zero attached hydrogens (tertiary/aromatic N) is 1. The van der Waals surface area contributed by atoms with E-state index in [0.717, 1.165) is 28.2 Å². The van der Waals surface area contributed by atoms with Crippen LogP contribution in [0.5, 0.6) is 0 Å². The molecule has 0 saturated carbocycles. The van der Waals surface area contributed by atoms with Crippen LogP contribution in [0.15, 0.2) is 23.6 Å². The number of benzene rings is 1. The van der Waals surface area contributed by atoms with E-state index >= 15 is 0 Å². The average molecular weight is 389 g/mol. The Bertz CT molecular complexity index is 860. The van der Waals surface area contributed by atoms with Gasteiger partial charge >= 0.3 is 5.97 Å². The second-order valence-electron chi connectivity index (χ2n) is 6.45. The Hall–Kier alpha value is -2.74. The fraction of sp³-hybridized carbons (Fsp3) is 0.368. The molecule has 1 unspecified atom stereocenters. The maximum absolute atomic E-state index is 12.5. The Morgan fingerprint density at radius 3 is 2.48 bits per heavy atom. The number of thiazole rings is 1. The molecule has 0 aliphatic heterocycles. The number of ether oxygens (including phenoxy) is 1. The monoisotopic (exact) mass is 389 g/mol. The highest BCUT2D eigenvalue weighted by Gasteiger charge is 2.22. The van der Waals surface area contributed by atoms with Gasteiger partial charge in [0.05, 0.1) is 0 Å². The summed E-state index contributed by atoms with van der Waals surface area (Å²) in [6.07, 6.45) is -0.997. The van der Waals surface area contributed by atoms with Crippen molar-refractivity contribution in [3.63, 3.8) is 0 Å². The van der Waals surface area contributed by atoms with E-state index in [0.29, 0.717) is 5.13 Å². The third kappa shape index (κ3) is 5.37. The Morgan fingerprint density at radius 1 is 1.15 bits per heavy atom. The molecular formula is C19H23N3O4S. The molecule has 0 fully saturated rings. The van der Waals surface area contributed by atoms with Gasteiger partial charge in [0.25, 0.3) is 5.91 Å². The normalized spacial score (nSPS) is 11.8. The van der Waals surface area contributed by atoms with Crippen LogP contribution in [0.25, 0.3) is 0 Å². The first-order valence-electron chi connectivity index (χ1n) is 8.53. The van der Waals surface area contributed by atoms with E-state index in [4.69, 9.17) is 4.74 Å². The van der Waals surface area contributed by atoms with E-state index in [1.165, 1.54) is 19.2 Å². The number of anilines is 2. The second kappa shape index (κ2) is 8.77. The molecule has 0 saturated heterocycles. The topological polar surface area (TPSA) is 97.4 Å². The molecule has 0 aliphatic rings. The van der Waals surface area contributed by atoms with Crippen molar-refractivity contribution in [1.82, 2.24) is 4.98 Å². The molecule has 2 N–H and O–H groups in total. The lowest BCUT2D eigenvalue weighted by atomic mass is 9.98. The van der Waals surface area contributed by atoms with E-state index in [9.17, 15) is 14.4 Å². The van der Waals surface area contributed by atoms with Crippen LogP contribution >= 0.6 is 11.3 Å². The molecule has 0 bridgehead atoms. The number of rotatable bonds is 6. The zero-order chi connectivity index (χ0) is 20.1. The van der Waals surface area contributed by atoms with Crippen LogP contribution in [0.1, 0.15) is 55.2 Å². The summed E-state index contributed by atoms with van der Waals surface area (Å²) in [5, 5.41) is 7.12. The fourth-order valence-electron chi connectivity index (χ4n) is 2.42. The number of aromatic nitrogens is 1. The Morgan fingerprint density at radius 2 is 1.85 bits per heavy atom. The number of aryl methyl sites for hydroxylation is 1. The number of nitrogens with one attached hydrogen (secondary N) is 2. The lowest BCUT2D eigenvalue weighted by Gasteiger charge is -2.18. The maximum Gasteiger partial charge on any atom is 0.358 e. The SMILES string of the molecule is CC(=O)Nc1nc(C(=O)OC(C)C(=O)Nc2c(C)cccc2C(C)C)cs1. The number of carbonyl (C=O) groups excluding carboxylic acids is 3. The van der Waals surface area contributed by atoms with Gasteiger partial charge in [0, 0.05) is 18.0 Å². The van der Waals surface area contributed by atoms with Crippen molar-refractivity contribution < 1.29 is 19.1 Å². The summed E-state index contributed by atoms with van der Waals surface area (Å²) in [5.74, 6) is -1.19. The summed E-state index contributed by atoms with van der Waals surface area (Å²) in [4.78, 5) is 39.7. The number of amides is 2. The van der Waals surface area contributed by atoms with Crippen molar-refractivity contribution in [3.05, 3.63) is 40.4 Å². The Balaban J connectivity index is 2.05. The Labute approximate surface area is 162 Å². The van der Waals surface area contributed by atoms with Gasteiger partial charge in [-0.1, -0.05) is 32.0 Å². The molecule has 27 heavy (non-hydrogen) atoms. The van der Waals surface area contributed by atoms with Crippen LogP contribution in [0.2, 0.25) is 0 Å². The van der Waals surface area contributed by atoms with Crippen molar-refractivity contribution >= 4 is 39.9 Å². The van der Waals surface area contributed by atoms with Crippen LogP contribution < -0.4 is 10.6 Å². The Kier molecular flexibility index (Phi) is 6.68. The molecule has 1 heterocycles. The first-order valence-corrected chi connectivity index (χ1v) is 9.41. The highest BCUT2D eigenvalue weighted by Crippen LogP contribution is 2.27. The van der Waals surface area contributed by atoms with Crippen LogP contribution in [-0.4, -0.2) is 28.9 Å². The molecule has 2 amide bonds. The summed E-state index contributed by atoms with van der Waals surface area (Å²) in [6.45, 7) is 8.85. The molecule has 2 aromatic rings. The summed E-state index contributed by atoms with van der Waals surface area (Å²) in [7, 11) is 0. The highest BCUT2D eigenvalue weighted by atomic mass is 32.1. The van der Waals surface area contributed by atoms with Crippen LogP contribution in [0.4, 0.5) is 10.8 Å². The smallest absolute Gasteiger partial charge is 0.358 e. The lowest BCUT2D eigenvalue weighted by molar-refractivity contribution is -0.123. The predicted octanol–water partition coefficient (Wildman–Crippen LogP) is 3.72. The molecule has 7 nitrogen and oxygen atoms in total. The maximum atomic E-state index is 12.5. The average Bonchev–Trinajstić information content (AvgIpc) is 3.04. The minimum Gasteiger partial charge on any atom is -0.448 e. The van der Waals surface area contributed by atoms with Crippen molar-refractivity contribution in [2.45, 2.75) is 46.6 Å². The van der Waals surface area contributed by atoms with E-state index in [2.05, 4.69) is 15.6 Å². The van der Waals surface area contributed by atoms with Gasteiger partial charge in [-0.3, -0.25) is 9.59 Å². The van der Waals surface area contributed by atoms with Gasteiger partial charge in [0.15, 0.2) is 16.9 Å². The number of para-hydroxylation sites is 1. The zero-order valence-corrected chi connectivity index (χ0v) is 16.8. The molecule has 2 rings (SSSR count). The van der Waals surface area contributed by atoms with Crippen LogP contribution in [-0.2, 0) is 14.3 Å². The van der Waals surface area contributed by atoms with Crippen LogP contribution in [0.3, 0.4) is 0 Å². The standard InChI is InChI=1S/C19H23N3O4S/c1-10(2)14-8-6-7-11(3)16(14)22-17(24)12(4)26-18(25)15-9-27-19(21-15)20-13(5)23/h6-10,12H,1-5H3,(H,22,24)(H,20,21,23). The van der Waals surface area contributed by atoms with Gasteiger partial charge in [-0.05, 0) is 30.9 Å². The van der Waals surface area contributed by atoms with E-state index in [-0.39, 0.29) is 17.5 Å². The molecule has 8 heteroatoms. The number of hydrogen-bond donors (Lipinski definition) is 2. The van der Waals surface area contributed by atoms with E-state index in [1.807, 2.05) is 39.0 Å². The third-order valence-corrected chi connectivity index (χ3v) is 4.58. The fourth-order valence-corrected chi connectivity index (χ4v) is 3.14. The van der Waals surface area contributed by atoms with Crippen molar-refractivity contribution in [2.75, 3.05) is 10.6 Å². The van der Waals surface area contributed by atoms with Gasteiger partial charge in [-0.15, -0.1) is 11.3 Å². The molecule has 0 radical (unpaired) electrons. The second-order valence-corrected chi connectivity index (χ2v) is 7.31. The minimum atomic E-state index is -0.997. The third-order valence-electron chi connectivity index (χ3n) is 3.82. The molecule has 0 spiro atoms. The first-order chi connectivity index (χ1) is 12.7. The summed E-state index contributed by atoms with van der Waals surface area (Å²) < 4.78 is 5.21. The predicted molar refractivity (Wildman–Crippen MR) is 105 cm³/mol. The van der Waals surface area contributed by atoms with Gasteiger partial charge in [-0.25, -0.2) is 9.78 Å². The largest absolute Gasteiger partial charge is 0.448 e. The highest BCUT2D eigenvalue weighted by molar-refractivity contribution is 7.14. The van der Waals surface area contributed by atoms with Gasteiger partial charge in [0.2, 0.25) is 5.91 Å². The summed E-state index contributed by atoms with van der Waals surface area (Å²) in [6, 6.07) is 5.82. The molecule has 1 aromatic carbocycles. The molecule has 144 valence electrons. The van der Waals surface area contributed by atoms with Gasteiger partial charge in [0.1, 0.15) is 0 Å². The minimum absolute atomic E-state index is 0.0437. The van der Waals surface area contributed by atoms with Crippen molar-refractivity contribution in [2.24, 2.45) is 0 Å². The summed E-state index contributed by atoms with van der Waals surface area (Å²) in [5.41, 5.74) is 2.73. The lowest BCUT2D eigenvalue weighted by Crippen LogP contribution is -2.30. The van der Waals surface area contributed by atoms with Crippen molar-refractivity contribution in [1.29, 1.82) is 0 Å². The zero-order valence-electron chi connectivity index (χ0n) is 16.0. The molecular weight excluding hydrogens is 366 g/mol. The van der Waals surface area contributed by atoms with Gasteiger partial charge < -0.3 is 15.4 Å². The van der Waals surface area contributed by atoms with E-state index in [1.54, 1.807) is 0 Å². The number of carbonyl (C=O) groups is 3. The number of hydrogen-bond acceptors (Lipinski definition) is 6. The summed E-state index contributed by atoms with van der Waals surface area (Å²) >= 11 is 1.11. The molecule has 1 aromatic heterocycles. The van der Waals surface area contributed by atoms with E-state index < -0.39 is 18.0 Å². The van der Waals surface area contributed by atoms with Gasteiger partial charge in [-0.2, -0.15) is 0 Å². The molecule has 1 atom stereocenters. The quantitative estimate of drug-likeness (QED) is 0.734. The number of esters is 1. The molecule has 0 aliphatic carbocycles. The first kappa shape index (κ1) is 20.6. The van der Waals surface area contributed by atoms with Crippen LogP contribution in [0, 0.1) is 6.92 Å². The van der Waals surface area contributed by atoms with Crippen molar-refractivity contribution in [3.8, 4) is 0 Å².